The summed E-state index contributed by atoms with van der Waals surface area (Å²) in [6, 6.07) is 0. The molecule has 68 valence electrons. The van der Waals surface area contributed by atoms with E-state index in [0.29, 0.717) is 6.42 Å². The molecule has 0 rings (SSSR count). The Hall–Kier alpha value is -1.12. The summed E-state index contributed by atoms with van der Waals surface area (Å²) in [5, 5.41) is 0. The summed E-state index contributed by atoms with van der Waals surface area (Å²) in [5.74, 6) is -0.218. The molecule has 0 unspecified atom stereocenters. The van der Waals surface area contributed by atoms with E-state index in [1.807, 2.05) is 0 Å². The van der Waals surface area contributed by atoms with E-state index in [9.17, 15) is 9.59 Å². The summed E-state index contributed by atoms with van der Waals surface area (Å²) in [5.41, 5.74) is 0. The number of carbonyl (C=O) groups excluding carboxylic acids is 2. The highest BCUT2D eigenvalue weighted by Gasteiger charge is 1.96. The van der Waals surface area contributed by atoms with Crippen LogP contribution >= 0.6 is 0 Å². The highest BCUT2D eigenvalue weighted by atomic mass is 16.5. The molecular weight excluding hydrogens is 156 g/mol. The lowest BCUT2D eigenvalue weighted by molar-refractivity contribution is -0.140. The second kappa shape index (κ2) is 7.98. The molecule has 0 aromatic heterocycles. The van der Waals surface area contributed by atoms with Crippen LogP contribution in [0.15, 0.2) is 12.2 Å². The van der Waals surface area contributed by atoms with Gasteiger partial charge in [-0.1, -0.05) is 12.2 Å². The molecule has 0 bridgehead atoms. The van der Waals surface area contributed by atoms with Gasteiger partial charge in [0, 0.05) is 12.8 Å². The van der Waals surface area contributed by atoms with Crippen molar-refractivity contribution in [1.82, 2.24) is 0 Å². The molecule has 0 aliphatic heterocycles. The fourth-order valence-corrected chi connectivity index (χ4v) is 0.716. The zero-order valence-electron chi connectivity index (χ0n) is 8.21. The van der Waals surface area contributed by atoms with Gasteiger partial charge in [-0.05, 0) is 12.8 Å². The van der Waals surface area contributed by atoms with Crippen LogP contribution in [-0.4, -0.2) is 19.3 Å². The maximum absolute atomic E-state index is 10.6. The molecule has 3 heteroatoms. The fourth-order valence-electron chi connectivity index (χ4n) is 0.716. The highest BCUT2D eigenvalue weighted by Crippen LogP contribution is 1.98. The Morgan fingerprint density at radius 3 is 2.92 bits per heavy atom. The normalized spacial score (nSPS) is 11.2. The van der Waals surface area contributed by atoms with Crippen molar-refractivity contribution in [3.8, 4) is 0 Å². The number of hydrogen-bond donors (Lipinski definition) is 0. The maximum atomic E-state index is 10.6. The molecule has 0 saturated heterocycles. The molecule has 0 N–H and O–H groups in total. The van der Waals surface area contributed by atoms with E-state index in [2.05, 4.69) is 4.74 Å². The van der Waals surface area contributed by atoms with Gasteiger partial charge >= 0.3 is 5.97 Å². The summed E-state index contributed by atoms with van der Waals surface area (Å²) in [4.78, 5) is 20.8. The Morgan fingerprint density at radius 1 is 1.58 bits per heavy atom. The van der Waals surface area contributed by atoms with Crippen molar-refractivity contribution in [1.29, 1.82) is 0 Å². The van der Waals surface area contributed by atoms with Crippen LogP contribution in [0.1, 0.15) is 27.1 Å². The Kier molecular flexibility index (Phi) is 5.97. The highest BCUT2D eigenvalue weighted by molar-refractivity contribution is 5.69. The lowest BCUT2D eigenvalue weighted by Crippen LogP contribution is -1.98. The number of esters is 1. The number of unbranched alkanes of at least 4 members (excludes halogenated alkanes) is 1. The molecule has 0 spiro atoms. The minimum Gasteiger partial charge on any atom is -0.469 e. The Balaban J connectivity index is 3.30. The second-order valence-corrected chi connectivity index (χ2v) is 2.29. The smallest absolute Gasteiger partial charge is 0.305 e. The van der Waals surface area contributed by atoms with Gasteiger partial charge in [0.2, 0.25) is 0 Å². The van der Waals surface area contributed by atoms with Gasteiger partial charge in [0.05, 0.1) is 7.11 Å². The minimum atomic E-state index is -0.593. The van der Waals surface area contributed by atoms with E-state index in [1.54, 1.807) is 12.2 Å². The first-order chi connectivity index (χ1) is 6.16. The van der Waals surface area contributed by atoms with Gasteiger partial charge < -0.3 is 9.53 Å². The van der Waals surface area contributed by atoms with Crippen molar-refractivity contribution >= 4 is 12.2 Å². The Morgan fingerprint density at radius 2 is 2.33 bits per heavy atom. The SMILES string of the molecule is [3H]C(=O)C/C=C\CCCC(=O)OC. The minimum absolute atomic E-state index is 0.151. The van der Waals surface area contributed by atoms with Gasteiger partial charge in [-0.2, -0.15) is 0 Å². The molecule has 0 amide bonds. The summed E-state index contributed by atoms with van der Waals surface area (Å²) in [6.07, 6.45) is 4.86. The average Bonchev–Trinajstić information content (AvgIpc) is 2.10. The first-order valence-corrected chi connectivity index (χ1v) is 3.88. The second-order valence-electron chi connectivity index (χ2n) is 2.29. The van der Waals surface area contributed by atoms with E-state index < -0.39 is 6.26 Å². The first-order valence-electron chi connectivity index (χ1n) is 4.38. The molecule has 0 atom stereocenters. The number of ether oxygens (including phenoxy) is 1. The Labute approximate surface area is 73.8 Å². The van der Waals surface area contributed by atoms with Gasteiger partial charge in [0.1, 0.15) is 7.63 Å². The topological polar surface area (TPSA) is 43.4 Å². The molecule has 0 aliphatic carbocycles. The van der Waals surface area contributed by atoms with Gasteiger partial charge in [0.25, 0.3) is 0 Å². The molecule has 3 nitrogen and oxygen atoms in total. The molecule has 12 heavy (non-hydrogen) atoms. The lowest BCUT2D eigenvalue weighted by atomic mass is 10.2. The van der Waals surface area contributed by atoms with Gasteiger partial charge in [-0.3, -0.25) is 4.79 Å². The third kappa shape index (κ3) is 6.99. The van der Waals surface area contributed by atoms with Crippen molar-refractivity contribution in [3.05, 3.63) is 12.2 Å². The van der Waals surface area contributed by atoms with Crippen LogP contribution in [0.3, 0.4) is 0 Å². The van der Waals surface area contributed by atoms with Gasteiger partial charge in [-0.15, -0.1) is 0 Å². The monoisotopic (exact) mass is 172 g/mol. The number of methoxy groups -OCH3 is 1. The van der Waals surface area contributed by atoms with Gasteiger partial charge in [0.15, 0.2) is 0 Å². The number of allylic oxidation sites excluding steroid dienone is 2. The third-order valence-corrected chi connectivity index (χ3v) is 1.35. The molecule has 0 aromatic carbocycles. The van der Waals surface area contributed by atoms with Crippen LogP contribution in [-0.2, 0) is 14.3 Å². The molecular formula is C9H14O3. The van der Waals surface area contributed by atoms with Crippen LogP contribution < -0.4 is 0 Å². The number of carbonyl (C=O) groups is 2. The molecule has 0 aromatic rings. The van der Waals surface area contributed by atoms with E-state index >= 15 is 0 Å². The molecule has 0 heterocycles. The van der Waals surface area contributed by atoms with Crippen LogP contribution in [0.25, 0.3) is 0 Å². The van der Waals surface area contributed by atoms with Crippen molar-refractivity contribution in [2.24, 2.45) is 0 Å². The molecule has 0 radical (unpaired) electrons. The quantitative estimate of drug-likeness (QED) is 0.264. The van der Waals surface area contributed by atoms with Crippen molar-refractivity contribution < 1.29 is 15.7 Å². The predicted molar refractivity (Wildman–Crippen MR) is 45.7 cm³/mol. The van der Waals surface area contributed by atoms with Gasteiger partial charge in [-0.25, -0.2) is 0 Å². The number of rotatable bonds is 6. The standard InChI is InChI=1S/C9H14O3/c1-12-9(11)7-5-3-2-4-6-8-10/h2,4,8H,3,5-7H2,1H3/b4-2-/i8T. The predicted octanol–water partition coefficient (Wildman–Crippen LogP) is 1.47. The maximum Gasteiger partial charge on any atom is 0.305 e. The first kappa shape index (κ1) is 8.97. The van der Waals surface area contributed by atoms with E-state index in [0.717, 1.165) is 12.8 Å². The Bertz CT molecular complexity index is 199. The van der Waals surface area contributed by atoms with Crippen LogP contribution in [0.2, 0.25) is 0 Å². The fraction of sp³-hybridized carbons (Fsp3) is 0.556. The van der Waals surface area contributed by atoms with E-state index in [-0.39, 0.29) is 12.4 Å². The number of aldehydes is 1. The zero-order valence-corrected chi connectivity index (χ0v) is 7.21. The van der Waals surface area contributed by atoms with Crippen molar-refractivity contribution in [2.75, 3.05) is 7.11 Å². The summed E-state index contributed by atoms with van der Waals surface area (Å²) < 4.78 is 11.0. The third-order valence-electron chi connectivity index (χ3n) is 1.35. The van der Waals surface area contributed by atoms with E-state index in [1.165, 1.54) is 7.11 Å². The molecule has 0 fully saturated rings. The van der Waals surface area contributed by atoms with Crippen LogP contribution in [0.5, 0.6) is 0 Å². The van der Waals surface area contributed by atoms with Crippen LogP contribution in [0, 0.1) is 0 Å². The van der Waals surface area contributed by atoms with Crippen molar-refractivity contribution in [3.63, 3.8) is 0 Å². The molecule has 0 aliphatic rings. The lowest BCUT2D eigenvalue weighted by Gasteiger charge is -1.94. The van der Waals surface area contributed by atoms with Crippen LogP contribution in [0.4, 0.5) is 0 Å². The largest absolute Gasteiger partial charge is 0.469 e. The summed E-state index contributed by atoms with van der Waals surface area (Å²) in [6.45, 7) is 0. The van der Waals surface area contributed by atoms with Crippen molar-refractivity contribution in [2.45, 2.75) is 25.7 Å². The molecule has 0 saturated carbocycles. The summed E-state index contributed by atoms with van der Waals surface area (Å²) in [7, 11) is 1.36. The van der Waals surface area contributed by atoms with E-state index in [4.69, 9.17) is 1.37 Å². The number of hydrogen-bond acceptors (Lipinski definition) is 3. The zero-order chi connectivity index (χ0) is 10.1. The average molecular weight is 172 g/mol. The summed E-state index contributed by atoms with van der Waals surface area (Å²) >= 11 is 0.